The lowest BCUT2D eigenvalue weighted by Crippen LogP contribution is -2.42. The smallest absolute Gasteiger partial charge is 0.393 e. The van der Waals surface area contributed by atoms with Gasteiger partial charge in [-0.05, 0) is 41.0 Å². The summed E-state index contributed by atoms with van der Waals surface area (Å²) in [6, 6.07) is 17.1. The molecule has 0 aromatic heterocycles. The average Bonchev–Trinajstić information content (AvgIpc) is 2.97. The minimum absolute atomic E-state index is 0.270. The maximum Gasteiger partial charge on any atom is 0.414 e. The second-order valence-electron chi connectivity index (χ2n) is 7.00. The molecule has 0 unspecified atom stereocenters. The summed E-state index contributed by atoms with van der Waals surface area (Å²) >= 11 is 0. The summed E-state index contributed by atoms with van der Waals surface area (Å²) in [5.74, 6) is 0.0125. The number of hydrogen-bond donors (Lipinski definition) is 2. The van der Waals surface area contributed by atoms with Gasteiger partial charge in [-0.2, -0.15) is 0 Å². The minimum Gasteiger partial charge on any atom is -0.393 e. The molecule has 2 aliphatic rings. The quantitative estimate of drug-likeness (QED) is 0.754. The number of alkyl carbamates (subject to hydrolysis) is 1. The van der Waals surface area contributed by atoms with Crippen LogP contribution in [0.15, 0.2) is 66.6 Å². The number of allylic oxidation sites excluding steroid dienone is 1. The third-order valence-corrected chi connectivity index (χ3v) is 4.92. The highest BCUT2D eigenvalue weighted by Crippen LogP contribution is 2.13. The van der Waals surface area contributed by atoms with E-state index >= 15 is 0 Å². The van der Waals surface area contributed by atoms with Gasteiger partial charge in [0.05, 0.1) is 13.2 Å². The van der Waals surface area contributed by atoms with Gasteiger partial charge in [0, 0.05) is 6.20 Å². The number of fused-ring (bicyclic) bond motifs is 1. The predicted molar refractivity (Wildman–Crippen MR) is 112 cm³/mol. The van der Waals surface area contributed by atoms with Crippen molar-refractivity contribution in [3.05, 3.63) is 82.6 Å². The number of amides is 2. The van der Waals surface area contributed by atoms with Gasteiger partial charge in [0.25, 0.3) is 5.91 Å². The first-order chi connectivity index (χ1) is 14.7. The van der Waals surface area contributed by atoms with Crippen LogP contribution in [0.4, 0.5) is 4.79 Å². The Bertz CT molecular complexity index is 1070. The van der Waals surface area contributed by atoms with E-state index in [1.165, 1.54) is 5.06 Å². The van der Waals surface area contributed by atoms with Crippen molar-refractivity contribution >= 4 is 24.3 Å². The topological polar surface area (TPSA) is 79.9 Å². The van der Waals surface area contributed by atoms with E-state index in [-0.39, 0.29) is 11.8 Å². The Morgan fingerprint density at radius 2 is 1.83 bits per heavy atom. The summed E-state index contributed by atoms with van der Waals surface area (Å²) in [5, 5.41) is 8.89. The van der Waals surface area contributed by atoms with E-state index in [0.717, 1.165) is 16.0 Å². The van der Waals surface area contributed by atoms with Crippen molar-refractivity contribution < 1.29 is 19.2 Å². The maximum absolute atomic E-state index is 12.5. The summed E-state index contributed by atoms with van der Waals surface area (Å²) < 4.78 is 5.31. The van der Waals surface area contributed by atoms with Gasteiger partial charge in [0.15, 0.2) is 0 Å². The Kier molecular flexibility index (Phi) is 6.10. The molecule has 0 aliphatic carbocycles. The van der Waals surface area contributed by atoms with Crippen molar-refractivity contribution in [3.63, 3.8) is 0 Å². The van der Waals surface area contributed by atoms with Gasteiger partial charge < -0.3 is 15.4 Å². The zero-order valence-electron chi connectivity index (χ0n) is 16.4. The summed E-state index contributed by atoms with van der Waals surface area (Å²) in [5.41, 5.74) is 1.14. The highest BCUT2D eigenvalue weighted by atomic mass is 16.7. The Hall–Kier alpha value is -3.58. The lowest BCUT2D eigenvalue weighted by molar-refractivity contribution is -0.178. The number of hydrogen-bond acceptors (Lipinski definition) is 5. The van der Waals surface area contributed by atoms with E-state index < -0.39 is 12.1 Å². The first kappa shape index (κ1) is 19.7. The van der Waals surface area contributed by atoms with Gasteiger partial charge >= 0.3 is 6.09 Å². The summed E-state index contributed by atoms with van der Waals surface area (Å²) in [7, 11) is 0. The summed E-state index contributed by atoms with van der Waals surface area (Å²) in [6.07, 6.45) is 5.79. The number of rotatable bonds is 6. The van der Waals surface area contributed by atoms with Gasteiger partial charge in [-0.25, -0.2) is 9.86 Å². The van der Waals surface area contributed by atoms with Crippen LogP contribution in [-0.4, -0.2) is 36.3 Å². The third-order valence-electron chi connectivity index (χ3n) is 4.92. The van der Waals surface area contributed by atoms with Crippen LogP contribution >= 0.6 is 0 Å². The molecule has 2 aliphatic heterocycles. The molecule has 2 heterocycles. The third kappa shape index (κ3) is 4.87. The van der Waals surface area contributed by atoms with Gasteiger partial charge in [-0.3, -0.25) is 9.63 Å². The molecule has 0 radical (unpaired) electrons. The molecular formula is C23H23N3O4. The lowest BCUT2D eigenvalue weighted by atomic mass is 10.2. The van der Waals surface area contributed by atoms with Crippen molar-refractivity contribution in [1.82, 2.24) is 15.7 Å². The normalized spacial score (nSPS) is 17.6. The fraction of sp³-hybridized carbons (Fsp3) is 0.217. The molecule has 1 saturated heterocycles. The van der Waals surface area contributed by atoms with Crippen molar-refractivity contribution in [1.29, 1.82) is 0 Å². The first-order valence-corrected chi connectivity index (χ1v) is 9.89. The first-order valence-electron chi connectivity index (χ1n) is 9.89. The molecule has 154 valence electrons. The van der Waals surface area contributed by atoms with Crippen LogP contribution in [0, 0.1) is 0 Å². The molecule has 2 aromatic rings. The number of benzene rings is 2. The number of nitrogens with zero attached hydrogens (tertiary/aromatic N) is 1. The van der Waals surface area contributed by atoms with Crippen LogP contribution < -0.4 is 21.1 Å². The Labute approximate surface area is 174 Å². The van der Waals surface area contributed by atoms with E-state index in [1.54, 1.807) is 12.3 Å². The van der Waals surface area contributed by atoms with Crippen LogP contribution in [0.3, 0.4) is 0 Å². The highest BCUT2D eigenvalue weighted by Gasteiger charge is 2.34. The second kappa shape index (κ2) is 9.28. The van der Waals surface area contributed by atoms with Crippen LogP contribution in [0.25, 0.3) is 12.3 Å². The monoisotopic (exact) mass is 405 g/mol. The van der Waals surface area contributed by atoms with Gasteiger partial charge in [0.2, 0.25) is 5.88 Å². The van der Waals surface area contributed by atoms with Gasteiger partial charge in [0.1, 0.15) is 6.04 Å². The second-order valence-corrected chi connectivity index (χ2v) is 7.00. The average molecular weight is 405 g/mol. The zero-order valence-corrected chi connectivity index (χ0v) is 16.4. The van der Waals surface area contributed by atoms with Crippen molar-refractivity contribution in [3.8, 4) is 0 Å². The maximum atomic E-state index is 12.5. The fourth-order valence-electron chi connectivity index (χ4n) is 3.33. The van der Waals surface area contributed by atoms with Crippen LogP contribution in [-0.2, 0) is 20.8 Å². The molecule has 0 bridgehead atoms. The Balaban J connectivity index is 1.25. The van der Waals surface area contributed by atoms with Gasteiger partial charge in [-0.15, -0.1) is 0 Å². The molecule has 2 N–H and O–H groups in total. The van der Waals surface area contributed by atoms with Crippen LogP contribution in [0.5, 0.6) is 0 Å². The molecule has 2 amide bonds. The zero-order chi connectivity index (χ0) is 20.8. The summed E-state index contributed by atoms with van der Waals surface area (Å²) in [4.78, 5) is 30.3. The lowest BCUT2D eigenvalue weighted by Gasteiger charge is -2.17. The molecule has 1 fully saturated rings. The Morgan fingerprint density at radius 3 is 2.67 bits per heavy atom. The molecule has 0 spiro atoms. The van der Waals surface area contributed by atoms with E-state index in [9.17, 15) is 9.59 Å². The highest BCUT2D eigenvalue weighted by molar-refractivity contribution is 5.86. The van der Waals surface area contributed by atoms with E-state index in [1.807, 2.05) is 60.7 Å². The number of hydroxylamine groups is 2. The number of carbonyl (C=O) groups excluding carboxylic acids is 2. The molecule has 4 rings (SSSR count). The standard InChI is InChI=1S/C23H23N3O4/c27-22-20(12-14-26(22)29-15-13-17-6-2-1-3-7-17)25-23(28)30-21-11-10-18-8-4-5-9-19(18)16-24-21/h1-11,16,20,24H,12-15H2,(H,25,28)/t20-/m1/s1. The van der Waals surface area contributed by atoms with Crippen LogP contribution in [0.2, 0.25) is 0 Å². The predicted octanol–water partition coefficient (Wildman–Crippen LogP) is 1.15. The van der Waals surface area contributed by atoms with E-state index in [2.05, 4.69) is 10.6 Å². The SMILES string of the molecule is O=C(N[C@@H]1CCN(OCCc2ccccc2)C1=O)OC1=CC=c2ccccc2=CN1. The number of nitrogens with one attached hydrogen (secondary N) is 2. The number of carbonyl (C=O) groups is 2. The van der Waals surface area contributed by atoms with E-state index in [0.29, 0.717) is 26.0 Å². The molecule has 7 nitrogen and oxygen atoms in total. The summed E-state index contributed by atoms with van der Waals surface area (Å²) in [6.45, 7) is 0.826. The molecular weight excluding hydrogens is 382 g/mol. The van der Waals surface area contributed by atoms with Gasteiger partial charge in [-0.1, -0.05) is 54.6 Å². The van der Waals surface area contributed by atoms with Crippen molar-refractivity contribution in [2.75, 3.05) is 13.2 Å². The van der Waals surface area contributed by atoms with Crippen molar-refractivity contribution in [2.24, 2.45) is 0 Å². The van der Waals surface area contributed by atoms with Crippen molar-refractivity contribution in [2.45, 2.75) is 18.9 Å². The molecule has 30 heavy (non-hydrogen) atoms. The molecule has 1 atom stereocenters. The number of ether oxygens (including phenoxy) is 1. The molecule has 0 saturated carbocycles. The Morgan fingerprint density at radius 1 is 1.07 bits per heavy atom. The molecule has 2 aromatic carbocycles. The fourth-order valence-corrected chi connectivity index (χ4v) is 3.33. The van der Waals surface area contributed by atoms with E-state index in [4.69, 9.17) is 9.57 Å². The molecule has 7 heteroatoms. The largest absolute Gasteiger partial charge is 0.414 e. The van der Waals surface area contributed by atoms with Crippen LogP contribution in [0.1, 0.15) is 12.0 Å². The minimum atomic E-state index is -0.689.